The fraction of sp³-hybridized carbons (Fsp3) is 0.667. The first-order valence-corrected chi connectivity index (χ1v) is 8.22. The second-order valence-corrected chi connectivity index (χ2v) is 6.45. The van der Waals surface area contributed by atoms with Crippen molar-refractivity contribution in [2.45, 2.75) is 38.6 Å². The van der Waals surface area contributed by atoms with E-state index in [0.717, 1.165) is 29.9 Å². The summed E-state index contributed by atoms with van der Waals surface area (Å²) >= 11 is 0. The monoisotopic (exact) mass is 289 g/mol. The highest BCUT2D eigenvalue weighted by atomic mass is 16.5. The Bertz CT molecular complexity index is 466. The molecule has 0 aromatic heterocycles. The van der Waals surface area contributed by atoms with Crippen molar-refractivity contribution in [2.75, 3.05) is 20.8 Å². The highest BCUT2D eigenvalue weighted by Crippen LogP contribution is 2.54. The van der Waals surface area contributed by atoms with Gasteiger partial charge in [-0.3, -0.25) is 0 Å². The Morgan fingerprint density at radius 2 is 1.86 bits per heavy atom. The van der Waals surface area contributed by atoms with Crippen LogP contribution in [0.2, 0.25) is 0 Å². The molecule has 0 aliphatic heterocycles. The molecular weight excluding hydrogens is 262 g/mol. The normalized spacial score (nSPS) is 28.6. The molecule has 3 heteroatoms. The van der Waals surface area contributed by atoms with Gasteiger partial charge in [0.05, 0.1) is 19.8 Å². The highest BCUT2D eigenvalue weighted by Gasteiger charge is 2.44. The molecule has 0 radical (unpaired) electrons. The van der Waals surface area contributed by atoms with Crippen LogP contribution >= 0.6 is 0 Å². The van der Waals surface area contributed by atoms with Gasteiger partial charge in [-0.15, -0.1) is 0 Å². The van der Waals surface area contributed by atoms with E-state index in [9.17, 15) is 0 Å². The minimum atomic E-state index is 0.344. The first-order chi connectivity index (χ1) is 10.3. The zero-order valence-corrected chi connectivity index (χ0v) is 13.4. The van der Waals surface area contributed by atoms with Crippen molar-refractivity contribution in [3.8, 4) is 11.5 Å². The molecule has 0 amide bonds. The van der Waals surface area contributed by atoms with E-state index in [1.54, 1.807) is 14.2 Å². The second kappa shape index (κ2) is 6.27. The average Bonchev–Trinajstić information content (AvgIpc) is 3.14. The summed E-state index contributed by atoms with van der Waals surface area (Å²) in [6, 6.07) is 6.45. The van der Waals surface area contributed by atoms with Crippen molar-refractivity contribution in [3.05, 3.63) is 23.8 Å². The van der Waals surface area contributed by atoms with Crippen LogP contribution in [0.3, 0.4) is 0 Å². The largest absolute Gasteiger partial charge is 0.496 e. The lowest BCUT2D eigenvalue weighted by molar-refractivity contribution is 0.242. The average molecular weight is 289 g/mol. The predicted octanol–water partition coefficient (Wildman–Crippen LogP) is 3.79. The van der Waals surface area contributed by atoms with Gasteiger partial charge in [0, 0.05) is 6.04 Å². The lowest BCUT2D eigenvalue weighted by Gasteiger charge is -2.33. The summed E-state index contributed by atoms with van der Waals surface area (Å²) in [5.41, 5.74) is 1.21. The number of ether oxygens (including phenoxy) is 2. The molecule has 0 heterocycles. The molecule has 0 saturated heterocycles. The second-order valence-electron chi connectivity index (χ2n) is 6.45. The summed E-state index contributed by atoms with van der Waals surface area (Å²) in [5, 5.41) is 3.72. The van der Waals surface area contributed by atoms with E-state index in [1.165, 1.54) is 31.2 Å². The molecule has 2 aliphatic rings. The quantitative estimate of drug-likeness (QED) is 0.864. The van der Waals surface area contributed by atoms with E-state index < -0.39 is 0 Å². The third-order valence-electron chi connectivity index (χ3n) is 5.42. The molecule has 0 spiro atoms. The van der Waals surface area contributed by atoms with Crippen LogP contribution in [0.5, 0.6) is 11.5 Å². The molecule has 2 fully saturated rings. The summed E-state index contributed by atoms with van der Waals surface area (Å²) < 4.78 is 11.3. The Kier molecular flexibility index (Phi) is 4.39. The Balaban J connectivity index is 1.97. The van der Waals surface area contributed by atoms with Gasteiger partial charge in [-0.05, 0) is 55.7 Å². The molecule has 21 heavy (non-hydrogen) atoms. The minimum Gasteiger partial charge on any atom is -0.496 e. The molecule has 1 aromatic carbocycles. The van der Waals surface area contributed by atoms with Gasteiger partial charge < -0.3 is 14.8 Å². The van der Waals surface area contributed by atoms with Crippen LogP contribution in [-0.2, 0) is 0 Å². The van der Waals surface area contributed by atoms with Crippen LogP contribution in [0.1, 0.15) is 44.2 Å². The first-order valence-electron chi connectivity index (χ1n) is 8.22. The number of rotatable bonds is 6. The van der Waals surface area contributed by atoms with E-state index in [4.69, 9.17) is 9.47 Å². The van der Waals surface area contributed by atoms with Gasteiger partial charge in [-0.25, -0.2) is 0 Å². The van der Waals surface area contributed by atoms with Crippen molar-refractivity contribution in [1.82, 2.24) is 5.32 Å². The van der Waals surface area contributed by atoms with E-state index in [0.29, 0.717) is 12.0 Å². The Hall–Kier alpha value is -1.22. The topological polar surface area (TPSA) is 30.5 Å². The lowest BCUT2D eigenvalue weighted by atomic mass is 9.80. The third kappa shape index (κ3) is 2.64. The number of nitrogens with one attached hydrogen (secondary N) is 1. The molecule has 1 aromatic rings. The Morgan fingerprint density at radius 1 is 1.14 bits per heavy atom. The smallest absolute Gasteiger partial charge is 0.127 e. The van der Waals surface area contributed by atoms with Crippen LogP contribution in [0.15, 0.2) is 18.2 Å². The van der Waals surface area contributed by atoms with Gasteiger partial charge >= 0.3 is 0 Å². The van der Waals surface area contributed by atoms with Gasteiger partial charge in [0.2, 0.25) is 0 Å². The number of methoxy groups -OCH3 is 2. The molecule has 4 atom stereocenters. The zero-order chi connectivity index (χ0) is 14.8. The summed E-state index contributed by atoms with van der Waals surface area (Å²) in [4.78, 5) is 0. The van der Waals surface area contributed by atoms with E-state index in [1.807, 2.05) is 6.07 Å². The van der Waals surface area contributed by atoms with Crippen molar-refractivity contribution in [3.63, 3.8) is 0 Å². The molecule has 2 saturated carbocycles. The Labute approximate surface area is 128 Å². The molecule has 3 rings (SSSR count). The number of benzene rings is 1. The fourth-order valence-electron chi connectivity index (χ4n) is 4.58. The van der Waals surface area contributed by atoms with Gasteiger partial charge in [-0.1, -0.05) is 19.4 Å². The Morgan fingerprint density at radius 3 is 2.33 bits per heavy atom. The van der Waals surface area contributed by atoms with E-state index in [2.05, 4.69) is 24.4 Å². The summed E-state index contributed by atoms with van der Waals surface area (Å²) in [5.74, 6) is 4.43. The van der Waals surface area contributed by atoms with Crippen molar-refractivity contribution < 1.29 is 9.47 Å². The summed E-state index contributed by atoms with van der Waals surface area (Å²) in [6.07, 6.45) is 5.60. The molecular formula is C18H27NO2. The lowest BCUT2D eigenvalue weighted by Crippen LogP contribution is -2.32. The van der Waals surface area contributed by atoms with Crippen LogP contribution in [0.25, 0.3) is 0 Å². The van der Waals surface area contributed by atoms with Gasteiger partial charge in [0.25, 0.3) is 0 Å². The van der Waals surface area contributed by atoms with E-state index >= 15 is 0 Å². The third-order valence-corrected chi connectivity index (χ3v) is 5.42. The molecule has 116 valence electrons. The summed E-state index contributed by atoms with van der Waals surface area (Å²) in [6.45, 7) is 3.15. The maximum absolute atomic E-state index is 5.63. The van der Waals surface area contributed by atoms with Gasteiger partial charge in [0.15, 0.2) is 0 Å². The molecule has 4 unspecified atom stereocenters. The SMILES string of the molecule is CCNC(c1c(OC)cccc1OC)C1CC2CCC1C2. The highest BCUT2D eigenvalue weighted by molar-refractivity contribution is 5.47. The van der Waals surface area contributed by atoms with Crippen molar-refractivity contribution >= 4 is 0 Å². The number of hydrogen-bond acceptors (Lipinski definition) is 3. The maximum atomic E-state index is 5.63. The van der Waals surface area contributed by atoms with Crippen LogP contribution < -0.4 is 14.8 Å². The van der Waals surface area contributed by atoms with Crippen molar-refractivity contribution in [1.29, 1.82) is 0 Å². The van der Waals surface area contributed by atoms with Crippen LogP contribution in [-0.4, -0.2) is 20.8 Å². The van der Waals surface area contributed by atoms with Crippen LogP contribution in [0, 0.1) is 17.8 Å². The molecule has 2 aliphatic carbocycles. The molecule has 3 nitrogen and oxygen atoms in total. The maximum Gasteiger partial charge on any atom is 0.127 e. The zero-order valence-electron chi connectivity index (χ0n) is 13.4. The number of fused-ring (bicyclic) bond motifs is 2. The minimum absolute atomic E-state index is 0.344. The van der Waals surface area contributed by atoms with E-state index in [-0.39, 0.29) is 0 Å². The summed E-state index contributed by atoms with van der Waals surface area (Å²) in [7, 11) is 3.50. The predicted molar refractivity (Wildman–Crippen MR) is 84.9 cm³/mol. The van der Waals surface area contributed by atoms with Crippen molar-refractivity contribution in [2.24, 2.45) is 17.8 Å². The fourth-order valence-corrected chi connectivity index (χ4v) is 4.58. The standard InChI is InChI=1S/C18H27NO2/c1-4-19-18(14-11-12-8-9-13(14)10-12)17-15(20-2)6-5-7-16(17)21-3/h5-7,12-14,18-19H,4,8-11H2,1-3H3. The number of hydrogen-bond donors (Lipinski definition) is 1. The molecule has 1 N–H and O–H groups in total. The van der Waals surface area contributed by atoms with Gasteiger partial charge in [0.1, 0.15) is 11.5 Å². The van der Waals surface area contributed by atoms with Crippen LogP contribution in [0.4, 0.5) is 0 Å². The van der Waals surface area contributed by atoms with Gasteiger partial charge in [-0.2, -0.15) is 0 Å². The molecule has 2 bridgehead atoms. The first kappa shape index (κ1) is 14.7.